The molecule has 1 heterocycles. The summed E-state index contributed by atoms with van der Waals surface area (Å²) in [5, 5.41) is 12.1. The number of anilines is 1. The molecule has 1 fully saturated rings. The largest absolute Gasteiger partial charge is 0.507 e. The van der Waals surface area contributed by atoms with Gasteiger partial charge in [0.1, 0.15) is 5.76 Å². The Balaban J connectivity index is 1.97. The van der Waals surface area contributed by atoms with E-state index >= 15 is 0 Å². The number of halogens is 2. The highest BCUT2D eigenvalue weighted by Crippen LogP contribution is 2.44. The van der Waals surface area contributed by atoms with Crippen molar-refractivity contribution >= 4 is 46.3 Å². The smallest absolute Gasteiger partial charge is 0.300 e. The van der Waals surface area contributed by atoms with Crippen LogP contribution in [0.1, 0.15) is 49.1 Å². The second-order valence-corrected chi connectivity index (χ2v) is 10.3. The summed E-state index contributed by atoms with van der Waals surface area (Å²) >= 11 is 12.5. The molecular formula is C28H25Cl2NO3. The van der Waals surface area contributed by atoms with Crippen molar-refractivity contribution < 1.29 is 14.7 Å². The number of Topliss-reactive ketones (excluding diaryl/α,β-unsaturated/α-hetero) is 1. The van der Waals surface area contributed by atoms with E-state index < -0.39 is 17.7 Å². The number of carbonyl (C=O) groups excluding carboxylic acids is 2. The van der Waals surface area contributed by atoms with Crippen LogP contribution in [0.2, 0.25) is 10.0 Å². The average molecular weight is 494 g/mol. The summed E-state index contributed by atoms with van der Waals surface area (Å²) in [5.74, 6) is -1.76. The van der Waals surface area contributed by atoms with Crippen molar-refractivity contribution in [3.8, 4) is 0 Å². The third-order valence-electron chi connectivity index (χ3n) is 6.13. The van der Waals surface area contributed by atoms with Gasteiger partial charge in [-0.3, -0.25) is 14.5 Å². The maximum Gasteiger partial charge on any atom is 0.300 e. The van der Waals surface area contributed by atoms with E-state index in [2.05, 4.69) is 20.8 Å². The Labute approximate surface area is 209 Å². The number of carbonyl (C=O) groups is 2. The molecule has 34 heavy (non-hydrogen) atoms. The van der Waals surface area contributed by atoms with Crippen molar-refractivity contribution in [1.29, 1.82) is 0 Å². The lowest BCUT2D eigenvalue weighted by Crippen LogP contribution is -2.30. The van der Waals surface area contributed by atoms with Gasteiger partial charge in [-0.2, -0.15) is 0 Å². The summed E-state index contributed by atoms with van der Waals surface area (Å²) in [6.07, 6.45) is 0. The molecule has 4 rings (SSSR count). The number of benzene rings is 3. The molecule has 6 heteroatoms. The van der Waals surface area contributed by atoms with Crippen LogP contribution in [-0.2, 0) is 15.0 Å². The molecule has 1 aliphatic rings. The van der Waals surface area contributed by atoms with Gasteiger partial charge in [-0.25, -0.2) is 0 Å². The molecule has 1 N–H and O–H groups in total. The fraction of sp³-hybridized carbons (Fsp3) is 0.214. The molecule has 0 bridgehead atoms. The highest BCUT2D eigenvalue weighted by molar-refractivity contribution is 6.52. The second-order valence-electron chi connectivity index (χ2n) is 9.44. The monoisotopic (exact) mass is 493 g/mol. The van der Waals surface area contributed by atoms with Gasteiger partial charge in [0, 0.05) is 21.3 Å². The molecule has 1 atom stereocenters. The van der Waals surface area contributed by atoms with Gasteiger partial charge in [0.25, 0.3) is 11.7 Å². The molecule has 0 aliphatic carbocycles. The van der Waals surface area contributed by atoms with Gasteiger partial charge in [-0.15, -0.1) is 0 Å². The van der Waals surface area contributed by atoms with E-state index in [1.165, 1.54) is 4.90 Å². The van der Waals surface area contributed by atoms with Crippen LogP contribution in [0.15, 0.2) is 72.3 Å². The van der Waals surface area contributed by atoms with E-state index in [4.69, 9.17) is 23.2 Å². The minimum absolute atomic E-state index is 0.00940. The lowest BCUT2D eigenvalue weighted by atomic mass is 9.85. The van der Waals surface area contributed by atoms with Gasteiger partial charge < -0.3 is 5.11 Å². The zero-order chi connectivity index (χ0) is 24.8. The van der Waals surface area contributed by atoms with Gasteiger partial charge in [0.05, 0.1) is 11.6 Å². The molecule has 1 unspecified atom stereocenters. The average Bonchev–Trinajstić information content (AvgIpc) is 3.05. The zero-order valence-electron chi connectivity index (χ0n) is 19.4. The van der Waals surface area contributed by atoms with E-state index in [1.807, 2.05) is 24.3 Å². The zero-order valence-corrected chi connectivity index (χ0v) is 20.9. The van der Waals surface area contributed by atoms with Gasteiger partial charge in [0.2, 0.25) is 0 Å². The Morgan fingerprint density at radius 1 is 0.941 bits per heavy atom. The number of hydrogen-bond acceptors (Lipinski definition) is 3. The topological polar surface area (TPSA) is 57.6 Å². The number of nitrogens with zero attached hydrogens (tertiary/aromatic N) is 1. The Kier molecular flexibility index (Phi) is 6.32. The minimum atomic E-state index is -0.829. The Hall–Kier alpha value is -3.08. The van der Waals surface area contributed by atoms with Crippen molar-refractivity contribution in [3.63, 3.8) is 0 Å². The lowest BCUT2D eigenvalue weighted by Gasteiger charge is -2.28. The van der Waals surface area contributed by atoms with Gasteiger partial charge in [0.15, 0.2) is 0 Å². The number of hydrogen-bond donors (Lipinski definition) is 1. The molecule has 4 nitrogen and oxygen atoms in total. The molecule has 174 valence electrons. The molecular weight excluding hydrogens is 469 g/mol. The van der Waals surface area contributed by atoms with Crippen molar-refractivity contribution in [1.82, 2.24) is 0 Å². The fourth-order valence-electron chi connectivity index (χ4n) is 4.21. The van der Waals surface area contributed by atoms with Crippen molar-refractivity contribution in [2.45, 2.75) is 39.2 Å². The molecule has 0 spiro atoms. The predicted octanol–water partition coefficient (Wildman–Crippen LogP) is 7.23. The molecule has 3 aromatic carbocycles. The van der Waals surface area contributed by atoms with Gasteiger partial charge >= 0.3 is 0 Å². The molecule has 3 aromatic rings. The number of amides is 1. The van der Waals surface area contributed by atoms with Crippen LogP contribution >= 0.6 is 23.2 Å². The van der Waals surface area contributed by atoms with E-state index in [-0.39, 0.29) is 16.7 Å². The third kappa shape index (κ3) is 4.24. The number of ketones is 1. The minimum Gasteiger partial charge on any atom is -0.507 e. The predicted molar refractivity (Wildman–Crippen MR) is 138 cm³/mol. The third-order valence-corrected chi connectivity index (χ3v) is 6.78. The molecule has 1 amide bonds. The number of rotatable bonds is 3. The first-order valence-electron chi connectivity index (χ1n) is 10.9. The van der Waals surface area contributed by atoms with Crippen molar-refractivity contribution in [3.05, 3.63) is 105 Å². The Morgan fingerprint density at radius 2 is 1.59 bits per heavy atom. The van der Waals surface area contributed by atoms with Crippen LogP contribution in [-0.4, -0.2) is 16.8 Å². The van der Waals surface area contributed by atoms with E-state index in [0.29, 0.717) is 32.4 Å². The second kappa shape index (κ2) is 8.94. The van der Waals surface area contributed by atoms with E-state index in [0.717, 1.165) is 5.56 Å². The highest BCUT2D eigenvalue weighted by Gasteiger charge is 2.47. The molecule has 0 aromatic heterocycles. The van der Waals surface area contributed by atoms with Crippen molar-refractivity contribution in [2.75, 3.05) is 4.90 Å². The van der Waals surface area contributed by atoms with Gasteiger partial charge in [-0.1, -0.05) is 86.4 Å². The quantitative estimate of drug-likeness (QED) is 0.238. The summed E-state index contributed by atoms with van der Waals surface area (Å²) in [4.78, 5) is 28.1. The first-order chi connectivity index (χ1) is 16.0. The maximum atomic E-state index is 13.4. The normalized spacial score (nSPS) is 17.9. The highest BCUT2D eigenvalue weighted by atomic mass is 35.5. The van der Waals surface area contributed by atoms with Crippen LogP contribution in [0.3, 0.4) is 0 Å². The van der Waals surface area contributed by atoms with E-state index in [9.17, 15) is 14.7 Å². The maximum absolute atomic E-state index is 13.4. The fourth-order valence-corrected chi connectivity index (χ4v) is 4.57. The standard InChI is InChI=1S/C28H25Cl2NO3/c1-16-21(30)9-6-10-22(16)31-24(17-11-13-19(14-12-17)28(2,3)4)23(26(33)27(31)34)25(32)18-7-5-8-20(29)15-18/h5-15,24,32H,1-4H3/b25-23+. The first-order valence-corrected chi connectivity index (χ1v) is 11.7. The summed E-state index contributed by atoms with van der Waals surface area (Å²) < 4.78 is 0. The van der Waals surface area contributed by atoms with Crippen LogP contribution in [0.25, 0.3) is 5.76 Å². The summed E-state index contributed by atoms with van der Waals surface area (Å²) in [6.45, 7) is 8.14. The Morgan fingerprint density at radius 3 is 2.21 bits per heavy atom. The van der Waals surface area contributed by atoms with E-state index in [1.54, 1.807) is 49.4 Å². The van der Waals surface area contributed by atoms with Crippen LogP contribution in [0, 0.1) is 6.92 Å². The van der Waals surface area contributed by atoms with Crippen LogP contribution in [0.5, 0.6) is 0 Å². The first kappa shape index (κ1) is 24.1. The Bertz CT molecular complexity index is 1320. The van der Waals surface area contributed by atoms with Gasteiger partial charge in [-0.05, 0) is 53.3 Å². The molecule has 0 saturated carbocycles. The lowest BCUT2D eigenvalue weighted by molar-refractivity contribution is -0.132. The summed E-state index contributed by atoms with van der Waals surface area (Å²) in [6, 6.07) is 18.7. The van der Waals surface area contributed by atoms with Crippen LogP contribution < -0.4 is 4.90 Å². The van der Waals surface area contributed by atoms with Crippen molar-refractivity contribution in [2.24, 2.45) is 0 Å². The van der Waals surface area contributed by atoms with Crippen LogP contribution in [0.4, 0.5) is 5.69 Å². The number of aliphatic hydroxyl groups excluding tert-OH is 1. The SMILES string of the molecule is Cc1c(Cl)cccc1N1C(=O)C(=O)/C(=C(/O)c2cccc(Cl)c2)C1c1ccc(C(C)(C)C)cc1. The summed E-state index contributed by atoms with van der Waals surface area (Å²) in [7, 11) is 0. The molecule has 1 aliphatic heterocycles. The molecule has 1 saturated heterocycles. The molecule has 0 radical (unpaired) electrons. The summed E-state index contributed by atoms with van der Waals surface area (Å²) in [5.41, 5.74) is 3.32. The number of aliphatic hydroxyl groups is 1.